The molecule has 0 radical (unpaired) electrons. The number of thiophene rings is 1. The van der Waals surface area contributed by atoms with E-state index in [0.717, 1.165) is 34.1 Å². The molecule has 2 heterocycles. The Balaban J connectivity index is 1.02. The van der Waals surface area contributed by atoms with Crippen molar-refractivity contribution in [2.24, 2.45) is 0 Å². The maximum atomic E-state index is 2.54. The molecule has 12 aromatic rings. The molecule has 11 aromatic carbocycles. The minimum atomic E-state index is -0.642. The molecule has 1 atom stereocenters. The van der Waals surface area contributed by atoms with Crippen LogP contribution in [0, 0.1) is 0 Å². The number of hydrogen-bond acceptors (Lipinski definition) is 3. The van der Waals surface area contributed by atoms with E-state index in [9.17, 15) is 0 Å². The minimum Gasteiger partial charge on any atom is -0.310 e. The lowest BCUT2D eigenvalue weighted by Crippen LogP contribution is -2.29. The number of para-hydroxylation sites is 4. The SMILES string of the molecule is c1ccc(N(c2ccc3c(c2)-c2ccccc2N(c2ccccc2)c2ccccc2-3)c2ccc3c(c2)C2(c4ccccc4-c4ccccc4-3)c3ccccc3-c3c2ccc2c3sc3ccccc32)cc1. The fraction of sp³-hybridized carbons (Fsp3) is 0.0149. The second-order valence-electron chi connectivity index (χ2n) is 18.7. The summed E-state index contributed by atoms with van der Waals surface area (Å²) in [6.07, 6.45) is 0. The predicted molar refractivity (Wildman–Crippen MR) is 295 cm³/mol. The summed E-state index contributed by atoms with van der Waals surface area (Å²) in [4.78, 5) is 4.90. The molecular formula is C67H42N2S. The van der Waals surface area contributed by atoms with E-state index in [4.69, 9.17) is 0 Å². The van der Waals surface area contributed by atoms with Crippen molar-refractivity contribution in [1.82, 2.24) is 0 Å². The van der Waals surface area contributed by atoms with Gasteiger partial charge in [-0.1, -0.05) is 188 Å². The van der Waals surface area contributed by atoms with Crippen molar-refractivity contribution in [2.45, 2.75) is 5.41 Å². The normalized spacial score (nSPS) is 14.6. The highest BCUT2D eigenvalue weighted by atomic mass is 32.1. The Morgan fingerprint density at radius 1 is 0.314 bits per heavy atom. The summed E-state index contributed by atoms with van der Waals surface area (Å²) in [6, 6.07) is 95.2. The van der Waals surface area contributed by atoms with Gasteiger partial charge in [-0.3, -0.25) is 0 Å². The summed E-state index contributed by atoms with van der Waals surface area (Å²) in [6.45, 7) is 0. The average molecular weight is 907 g/mol. The van der Waals surface area contributed by atoms with Crippen molar-refractivity contribution < 1.29 is 0 Å². The maximum Gasteiger partial charge on any atom is 0.0726 e. The summed E-state index contributed by atoms with van der Waals surface area (Å²) in [5.41, 5.74) is 23.8. The van der Waals surface area contributed by atoms with Gasteiger partial charge in [-0.05, 0) is 128 Å². The van der Waals surface area contributed by atoms with Crippen molar-refractivity contribution in [3.8, 4) is 55.6 Å². The molecule has 1 aromatic heterocycles. The minimum absolute atomic E-state index is 0.642. The molecule has 0 saturated heterocycles. The van der Waals surface area contributed by atoms with E-state index in [0.29, 0.717) is 0 Å². The van der Waals surface area contributed by atoms with E-state index < -0.39 is 5.41 Å². The van der Waals surface area contributed by atoms with E-state index in [1.807, 2.05) is 11.3 Å². The first-order valence-corrected chi connectivity index (χ1v) is 25.0. The zero-order valence-electron chi connectivity index (χ0n) is 38.1. The van der Waals surface area contributed by atoms with Crippen LogP contribution in [0.3, 0.4) is 0 Å². The van der Waals surface area contributed by atoms with Crippen molar-refractivity contribution >= 4 is 65.6 Å². The van der Waals surface area contributed by atoms with Gasteiger partial charge in [0, 0.05) is 59.6 Å². The van der Waals surface area contributed by atoms with E-state index in [1.165, 1.54) is 98.1 Å². The van der Waals surface area contributed by atoms with Crippen LogP contribution in [-0.2, 0) is 5.41 Å². The fourth-order valence-electron chi connectivity index (χ4n) is 12.4. The summed E-state index contributed by atoms with van der Waals surface area (Å²) >= 11 is 1.93. The first-order chi connectivity index (χ1) is 34.8. The first kappa shape index (κ1) is 39.3. The molecule has 0 saturated carbocycles. The number of rotatable bonds is 4. The van der Waals surface area contributed by atoms with Crippen LogP contribution in [0.25, 0.3) is 75.8 Å². The van der Waals surface area contributed by atoms with Gasteiger partial charge >= 0.3 is 0 Å². The lowest BCUT2D eigenvalue weighted by atomic mass is 9.65. The maximum absolute atomic E-state index is 2.54. The quantitative estimate of drug-likeness (QED) is 0.174. The topological polar surface area (TPSA) is 6.48 Å². The lowest BCUT2D eigenvalue weighted by molar-refractivity contribution is 0.776. The molecular weight excluding hydrogens is 865 g/mol. The first-order valence-electron chi connectivity index (χ1n) is 24.2. The van der Waals surface area contributed by atoms with Gasteiger partial charge < -0.3 is 9.80 Å². The Kier molecular flexibility index (Phi) is 8.48. The van der Waals surface area contributed by atoms with Crippen molar-refractivity contribution in [3.63, 3.8) is 0 Å². The number of anilines is 6. The monoisotopic (exact) mass is 906 g/mol. The van der Waals surface area contributed by atoms with Crippen LogP contribution in [-0.4, -0.2) is 0 Å². The highest BCUT2D eigenvalue weighted by Crippen LogP contribution is 2.64. The Labute approximate surface area is 411 Å². The third-order valence-electron chi connectivity index (χ3n) is 15.2. The van der Waals surface area contributed by atoms with Crippen molar-refractivity contribution in [1.29, 1.82) is 0 Å². The summed E-state index contributed by atoms with van der Waals surface area (Å²) in [5, 5.41) is 2.64. The van der Waals surface area contributed by atoms with Crippen LogP contribution >= 0.6 is 11.3 Å². The molecule has 3 heteroatoms. The highest BCUT2D eigenvalue weighted by molar-refractivity contribution is 7.26. The number of nitrogens with zero attached hydrogens (tertiary/aromatic N) is 2. The Bertz CT molecular complexity index is 4090. The van der Waals surface area contributed by atoms with Crippen molar-refractivity contribution in [3.05, 3.63) is 277 Å². The number of fused-ring (bicyclic) bond motifs is 21. The molecule has 326 valence electrons. The van der Waals surface area contributed by atoms with Crippen LogP contribution in [0.4, 0.5) is 34.1 Å². The van der Waals surface area contributed by atoms with Crippen LogP contribution in [0.2, 0.25) is 0 Å². The van der Waals surface area contributed by atoms with E-state index in [1.54, 1.807) is 0 Å². The van der Waals surface area contributed by atoms with Gasteiger partial charge in [0.15, 0.2) is 0 Å². The molecule has 2 nitrogen and oxygen atoms in total. The lowest BCUT2D eigenvalue weighted by Gasteiger charge is -2.36. The van der Waals surface area contributed by atoms with E-state index in [2.05, 4.69) is 265 Å². The molecule has 3 aliphatic rings. The molecule has 0 N–H and O–H groups in total. The second-order valence-corrected chi connectivity index (χ2v) is 19.7. The largest absolute Gasteiger partial charge is 0.310 e. The van der Waals surface area contributed by atoms with Gasteiger partial charge in [-0.2, -0.15) is 0 Å². The van der Waals surface area contributed by atoms with Gasteiger partial charge in [-0.25, -0.2) is 0 Å². The molecule has 1 aliphatic heterocycles. The van der Waals surface area contributed by atoms with Gasteiger partial charge in [0.2, 0.25) is 0 Å². The van der Waals surface area contributed by atoms with Crippen LogP contribution in [0.15, 0.2) is 255 Å². The molecule has 15 rings (SSSR count). The summed E-state index contributed by atoms with van der Waals surface area (Å²) in [5.74, 6) is 0. The number of hydrogen-bond donors (Lipinski definition) is 0. The van der Waals surface area contributed by atoms with Crippen LogP contribution in [0.5, 0.6) is 0 Å². The van der Waals surface area contributed by atoms with Crippen LogP contribution in [0.1, 0.15) is 22.3 Å². The molecule has 0 bridgehead atoms. The molecule has 0 amide bonds. The smallest absolute Gasteiger partial charge is 0.0726 e. The predicted octanol–water partition coefficient (Wildman–Crippen LogP) is 18.7. The summed E-state index contributed by atoms with van der Waals surface area (Å²) < 4.78 is 2.67. The molecule has 70 heavy (non-hydrogen) atoms. The highest BCUT2D eigenvalue weighted by Gasteiger charge is 2.50. The third-order valence-corrected chi connectivity index (χ3v) is 16.4. The Morgan fingerprint density at radius 3 is 1.56 bits per heavy atom. The van der Waals surface area contributed by atoms with Crippen LogP contribution < -0.4 is 9.80 Å². The molecule has 1 unspecified atom stereocenters. The van der Waals surface area contributed by atoms with Gasteiger partial charge in [0.25, 0.3) is 0 Å². The average Bonchev–Trinajstić information content (AvgIpc) is 3.88. The number of benzene rings is 11. The molecule has 2 aliphatic carbocycles. The van der Waals surface area contributed by atoms with Gasteiger partial charge in [0.05, 0.1) is 16.8 Å². The zero-order chi connectivity index (χ0) is 45.9. The summed E-state index contributed by atoms with van der Waals surface area (Å²) in [7, 11) is 0. The zero-order valence-corrected chi connectivity index (χ0v) is 38.9. The molecule has 0 fully saturated rings. The standard InChI is InChI=1S/C67H42N2S/c1-3-19-43(20-4-1)68(45-35-37-49-52-26-11-16-32-62(52)69(44-21-5-2-6-22-44)63-33-17-12-27-53(63)57(49)41-45)46-36-38-51-48-24-8-7-23-47(48)50-25-9-14-30-58(50)67(61(51)42-46)59-31-15-10-29-56(59)65-60(67)40-39-55-54-28-13-18-34-64(54)70-66(55)65/h1-42H. The van der Waals surface area contributed by atoms with Gasteiger partial charge in [0.1, 0.15) is 0 Å². The third kappa shape index (κ3) is 5.44. The van der Waals surface area contributed by atoms with Crippen molar-refractivity contribution in [2.75, 3.05) is 9.80 Å². The van der Waals surface area contributed by atoms with E-state index >= 15 is 0 Å². The van der Waals surface area contributed by atoms with Gasteiger partial charge in [-0.15, -0.1) is 11.3 Å². The fourth-order valence-corrected chi connectivity index (χ4v) is 13.7. The van der Waals surface area contributed by atoms with E-state index in [-0.39, 0.29) is 0 Å². The Morgan fingerprint density at radius 2 is 0.829 bits per heavy atom. The molecule has 1 spiro atoms. The Hall–Kier alpha value is -8.76. The second kappa shape index (κ2) is 15.1.